The van der Waals surface area contributed by atoms with Crippen molar-refractivity contribution in [3.8, 4) is 0 Å². The molecule has 0 aliphatic carbocycles. The molecule has 0 aromatic carbocycles. The van der Waals surface area contributed by atoms with E-state index in [0.29, 0.717) is 0 Å². The molecule has 8 nitrogen and oxygen atoms in total. The minimum atomic E-state index is -1.15. The van der Waals surface area contributed by atoms with Gasteiger partial charge in [0, 0.05) is 0 Å². The van der Waals surface area contributed by atoms with Crippen LogP contribution in [0.25, 0.3) is 0 Å². The maximum atomic E-state index is 12.2. The van der Waals surface area contributed by atoms with Gasteiger partial charge in [0.25, 0.3) is 11.8 Å². The summed E-state index contributed by atoms with van der Waals surface area (Å²) in [6, 6.07) is -1.85. The van der Waals surface area contributed by atoms with Crippen LogP contribution in [0.1, 0.15) is 54.6 Å². The lowest BCUT2D eigenvalue weighted by molar-refractivity contribution is -0.140. The lowest BCUT2D eigenvalue weighted by Gasteiger charge is -2.17. The smallest absolute Gasteiger partial charge is 0.326 e. The molecule has 0 radical (unpaired) electrons. The zero-order chi connectivity index (χ0) is 17.9. The molecule has 1 aromatic rings. The van der Waals surface area contributed by atoms with Crippen LogP contribution in [0.2, 0.25) is 0 Å². The zero-order valence-corrected chi connectivity index (χ0v) is 13.9. The van der Waals surface area contributed by atoms with E-state index >= 15 is 0 Å². The van der Waals surface area contributed by atoms with Gasteiger partial charge in [0.05, 0.1) is 6.04 Å². The molecule has 0 saturated heterocycles. The van der Waals surface area contributed by atoms with Gasteiger partial charge in [-0.25, -0.2) is 9.78 Å². The molecule has 0 aliphatic heterocycles. The van der Waals surface area contributed by atoms with Gasteiger partial charge in [-0.2, -0.15) is 0 Å². The second-order valence-electron chi connectivity index (χ2n) is 6.09. The second-order valence-corrected chi connectivity index (χ2v) is 6.09. The summed E-state index contributed by atoms with van der Waals surface area (Å²) < 4.78 is 5.22. The summed E-state index contributed by atoms with van der Waals surface area (Å²) in [5.74, 6) is -2.87. The van der Waals surface area contributed by atoms with Crippen LogP contribution in [-0.4, -0.2) is 39.8 Å². The van der Waals surface area contributed by atoms with Crippen LogP contribution in [-0.2, 0) is 4.79 Å². The molecule has 0 bridgehead atoms. The summed E-state index contributed by atoms with van der Waals surface area (Å²) in [7, 11) is 0. The average molecular weight is 325 g/mol. The van der Waals surface area contributed by atoms with Crippen LogP contribution >= 0.6 is 0 Å². The van der Waals surface area contributed by atoms with Gasteiger partial charge in [-0.05, 0) is 18.8 Å². The van der Waals surface area contributed by atoms with Gasteiger partial charge in [0.1, 0.15) is 11.8 Å². The highest BCUT2D eigenvalue weighted by Crippen LogP contribution is 2.14. The highest BCUT2D eigenvalue weighted by atomic mass is 16.4. The molecule has 0 unspecified atom stereocenters. The predicted molar refractivity (Wildman–Crippen MR) is 82.1 cm³/mol. The molecule has 4 N–H and O–H groups in total. The van der Waals surface area contributed by atoms with Crippen molar-refractivity contribution in [2.75, 3.05) is 0 Å². The van der Waals surface area contributed by atoms with E-state index in [1.807, 2.05) is 0 Å². The van der Waals surface area contributed by atoms with E-state index in [1.165, 1.54) is 6.92 Å². The summed E-state index contributed by atoms with van der Waals surface area (Å²) in [6.45, 7) is 8.39. The van der Waals surface area contributed by atoms with E-state index in [4.69, 9.17) is 15.3 Å². The lowest BCUT2D eigenvalue weighted by Crippen LogP contribution is -2.44. The number of carboxylic acids is 1. The van der Waals surface area contributed by atoms with Crippen molar-refractivity contribution in [3.63, 3.8) is 0 Å². The third-order valence-corrected chi connectivity index (χ3v) is 3.46. The maximum Gasteiger partial charge on any atom is 0.326 e. The van der Waals surface area contributed by atoms with E-state index < -0.39 is 29.7 Å². The molecule has 0 saturated carbocycles. The van der Waals surface area contributed by atoms with Crippen LogP contribution in [0.3, 0.4) is 0 Å². The van der Waals surface area contributed by atoms with Gasteiger partial charge in [0.2, 0.25) is 5.78 Å². The number of ketones is 1. The van der Waals surface area contributed by atoms with Crippen molar-refractivity contribution in [1.29, 1.82) is 0 Å². The van der Waals surface area contributed by atoms with Gasteiger partial charge in [-0.15, -0.1) is 0 Å². The fraction of sp³-hybridized carbons (Fsp3) is 0.600. The zero-order valence-electron chi connectivity index (χ0n) is 13.9. The Balaban J connectivity index is 3.00. The normalized spacial score (nSPS) is 13.9. The number of nitrogens with two attached hydrogens (primary N) is 1. The number of hydrogen-bond donors (Lipinski definition) is 3. The van der Waals surface area contributed by atoms with Gasteiger partial charge in [-0.3, -0.25) is 9.59 Å². The monoisotopic (exact) mass is 325 g/mol. The molecule has 1 aromatic heterocycles. The number of Topliss-reactive ketones (excluding diaryl/α,β-unsaturated/α-hetero) is 1. The number of rotatable bonds is 7. The number of aryl methyl sites for hydroxylation is 1. The Bertz CT molecular complexity index is 606. The SMILES string of the molecule is Cc1oc(C(=O)[C@@H](N)C(C)C)nc1C(=O)N[C@H](C(=O)O)C(C)C. The minimum absolute atomic E-state index is 0.107. The Kier molecular flexibility index (Phi) is 6.03. The number of amides is 1. The summed E-state index contributed by atoms with van der Waals surface area (Å²) in [4.78, 5) is 39.3. The fourth-order valence-electron chi connectivity index (χ4n) is 1.88. The first-order chi connectivity index (χ1) is 10.6. The summed E-state index contributed by atoms with van der Waals surface area (Å²) >= 11 is 0. The van der Waals surface area contributed by atoms with Crippen molar-refractivity contribution < 1.29 is 23.9 Å². The molecule has 1 heterocycles. The van der Waals surface area contributed by atoms with Crippen LogP contribution in [0.5, 0.6) is 0 Å². The number of carbonyl (C=O) groups is 3. The highest BCUT2D eigenvalue weighted by molar-refractivity contribution is 5.99. The number of hydrogen-bond acceptors (Lipinski definition) is 6. The molecule has 2 atom stereocenters. The van der Waals surface area contributed by atoms with E-state index in [2.05, 4.69) is 10.3 Å². The van der Waals surface area contributed by atoms with Gasteiger partial charge >= 0.3 is 5.97 Å². The average Bonchev–Trinajstić information content (AvgIpc) is 2.84. The van der Waals surface area contributed by atoms with Gasteiger partial charge < -0.3 is 20.6 Å². The third-order valence-electron chi connectivity index (χ3n) is 3.46. The summed E-state index contributed by atoms with van der Waals surface area (Å²) in [6.07, 6.45) is 0. The fourth-order valence-corrected chi connectivity index (χ4v) is 1.88. The Morgan fingerprint density at radius 3 is 2.17 bits per heavy atom. The lowest BCUT2D eigenvalue weighted by atomic mass is 10.0. The molecule has 1 rings (SSSR count). The van der Waals surface area contributed by atoms with Gasteiger partial charge in [0.15, 0.2) is 5.69 Å². The molecule has 23 heavy (non-hydrogen) atoms. The Labute approximate surface area is 134 Å². The molecule has 128 valence electrons. The molecule has 0 spiro atoms. The van der Waals surface area contributed by atoms with Crippen molar-refractivity contribution in [3.05, 3.63) is 17.3 Å². The van der Waals surface area contributed by atoms with E-state index in [9.17, 15) is 14.4 Å². The number of aliphatic carboxylic acids is 1. The number of oxazole rings is 1. The number of nitrogens with one attached hydrogen (secondary N) is 1. The van der Waals surface area contributed by atoms with Gasteiger partial charge in [-0.1, -0.05) is 27.7 Å². The van der Waals surface area contributed by atoms with Crippen LogP contribution in [0.4, 0.5) is 0 Å². The molecule has 0 aliphatic rings. The largest absolute Gasteiger partial charge is 0.480 e. The molecular formula is C15H23N3O5. The standard InChI is InChI=1S/C15H23N3O5/c1-6(2)9(16)12(19)14-18-11(8(5)23-14)13(20)17-10(7(3)4)15(21)22/h6-7,9-10H,16H2,1-5H3,(H,17,20)(H,21,22)/t9-,10-/m0/s1. The van der Waals surface area contributed by atoms with E-state index in [0.717, 1.165) is 0 Å². The Hall–Kier alpha value is -2.22. The maximum absolute atomic E-state index is 12.2. The first kappa shape index (κ1) is 18.8. The molecule has 8 heteroatoms. The summed E-state index contributed by atoms with van der Waals surface area (Å²) in [5, 5.41) is 11.5. The number of carboxylic acid groups (broad SMARTS) is 1. The molecule has 0 fully saturated rings. The van der Waals surface area contributed by atoms with Crippen LogP contribution < -0.4 is 11.1 Å². The molecule has 1 amide bonds. The van der Waals surface area contributed by atoms with Crippen molar-refractivity contribution in [1.82, 2.24) is 10.3 Å². The first-order valence-electron chi connectivity index (χ1n) is 7.37. The summed E-state index contributed by atoms with van der Waals surface area (Å²) in [5.41, 5.74) is 5.65. The minimum Gasteiger partial charge on any atom is -0.480 e. The van der Waals surface area contributed by atoms with E-state index in [1.54, 1.807) is 27.7 Å². The molecular weight excluding hydrogens is 302 g/mol. The van der Waals surface area contributed by atoms with Crippen LogP contribution in [0.15, 0.2) is 4.42 Å². The number of aromatic nitrogens is 1. The second kappa shape index (κ2) is 7.36. The van der Waals surface area contributed by atoms with Crippen molar-refractivity contribution >= 4 is 17.7 Å². The van der Waals surface area contributed by atoms with Crippen molar-refractivity contribution in [2.24, 2.45) is 17.6 Å². The topological polar surface area (TPSA) is 136 Å². The number of nitrogens with zero attached hydrogens (tertiary/aromatic N) is 1. The van der Waals surface area contributed by atoms with E-state index in [-0.39, 0.29) is 29.2 Å². The Morgan fingerprint density at radius 1 is 1.17 bits per heavy atom. The van der Waals surface area contributed by atoms with Crippen molar-refractivity contribution in [2.45, 2.75) is 46.7 Å². The Morgan fingerprint density at radius 2 is 1.74 bits per heavy atom. The quantitative estimate of drug-likeness (QED) is 0.636. The predicted octanol–water partition coefficient (Wildman–Crippen LogP) is 0.988. The third kappa shape index (κ3) is 4.38. The van der Waals surface area contributed by atoms with Crippen LogP contribution in [0, 0.1) is 18.8 Å². The highest BCUT2D eigenvalue weighted by Gasteiger charge is 2.29. The number of carbonyl (C=O) groups excluding carboxylic acids is 2. The first-order valence-corrected chi connectivity index (χ1v) is 7.37.